The lowest BCUT2D eigenvalue weighted by Gasteiger charge is -2.12. The lowest BCUT2D eigenvalue weighted by atomic mass is 10.1. The molecule has 1 aromatic carbocycles. The fourth-order valence-corrected chi connectivity index (χ4v) is 1.70. The molecule has 0 amide bonds. The third-order valence-corrected chi connectivity index (χ3v) is 2.61. The molecule has 0 bridgehead atoms. The smallest absolute Gasteiger partial charge is 0.307 e. The fraction of sp³-hybridized carbons (Fsp3) is 0.250. The molecule has 0 spiro atoms. The van der Waals surface area contributed by atoms with Crippen LogP contribution in [-0.2, 0) is 0 Å². The molecule has 0 aliphatic rings. The zero-order valence-corrected chi connectivity index (χ0v) is 9.21. The van der Waals surface area contributed by atoms with E-state index in [1.54, 1.807) is 0 Å². The molecule has 0 aliphatic carbocycles. The summed E-state index contributed by atoms with van der Waals surface area (Å²) in [4.78, 5) is 16.6. The van der Waals surface area contributed by atoms with Gasteiger partial charge in [0.2, 0.25) is 0 Å². The molecule has 0 aliphatic heterocycles. The number of imidazole rings is 1. The van der Waals surface area contributed by atoms with Crippen molar-refractivity contribution in [1.29, 1.82) is 0 Å². The summed E-state index contributed by atoms with van der Waals surface area (Å²) in [6.45, 7) is 6.51. The molecule has 1 atom stereocenters. The van der Waals surface area contributed by atoms with Crippen molar-refractivity contribution in [2.24, 2.45) is 0 Å². The van der Waals surface area contributed by atoms with Crippen LogP contribution in [0.5, 0.6) is 0 Å². The third-order valence-electron chi connectivity index (χ3n) is 2.61. The van der Waals surface area contributed by atoms with Crippen molar-refractivity contribution in [3.63, 3.8) is 0 Å². The largest absolute Gasteiger partial charge is 0.323 e. The van der Waals surface area contributed by atoms with Gasteiger partial charge in [0, 0.05) is 12.6 Å². The molecule has 0 saturated heterocycles. The van der Waals surface area contributed by atoms with Gasteiger partial charge < -0.3 is 15.3 Å². The first kappa shape index (κ1) is 10.7. The van der Waals surface area contributed by atoms with Gasteiger partial charge in [-0.15, -0.1) is 6.58 Å². The van der Waals surface area contributed by atoms with Gasteiger partial charge in [-0.1, -0.05) is 12.1 Å². The Hall–Kier alpha value is -1.81. The minimum atomic E-state index is -0.168. The number of hydrogen-bond acceptors (Lipinski definition) is 2. The Kier molecular flexibility index (Phi) is 2.92. The number of nitrogens with one attached hydrogen (secondary N) is 3. The predicted molar refractivity (Wildman–Crippen MR) is 65.5 cm³/mol. The molecule has 1 heterocycles. The summed E-state index contributed by atoms with van der Waals surface area (Å²) in [6.07, 6.45) is 1.83. The number of aromatic amines is 2. The van der Waals surface area contributed by atoms with Gasteiger partial charge in [0.25, 0.3) is 0 Å². The zero-order chi connectivity index (χ0) is 11.5. The number of fused-ring (bicyclic) bond motifs is 1. The molecule has 2 rings (SSSR count). The highest BCUT2D eigenvalue weighted by molar-refractivity contribution is 5.75. The van der Waals surface area contributed by atoms with Crippen LogP contribution in [0.1, 0.15) is 18.5 Å². The molecule has 4 nitrogen and oxygen atoms in total. The highest BCUT2D eigenvalue weighted by Gasteiger charge is 2.05. The topological polar surface area (TPSA) is 60.7 Å². The fourth-order valence-electron chi connectivity index (χ4n) is 1.70. The van der Waals surface area contributed by atoms with E-state index in [1.165, 1.54) is 0 Å². The summed E-state index contributed by atoms with van der Waals surface area (Å²) < 4.78 is 0. The minimum Gasteiger partial charge on any atom is -0.307 e. The lowest BCUT2D eigenvalue weighted by molar-refractivity contribution is 0.618. The summed E-state index contributed by atoms with van der Waals surface area (Å²) in [7, 11) is 0. The number of aromatic nitrogens is 2. The average molecular weight is 217 g/mol. The molecule has 0 fully saturated rings. The molecule has 16 heavy (non-hydrogen) atoms. The molecular formula is C12H15N3O. The first-order valence-corrected chi connectivity index (χ1v) is 5.27. The molecular weight excluding hydrogens is 202 g/mol. The van der Waals surface area contributed by atoms with Crippen LogP contribution in [0.4, 0.5) is 0 Å². The quantitative estimate of drug-likeness (QED) is 0.682. The van der Waals surface area contributed by atoms with Crippen molar-refractivity contribution in [2.75, 3.05) is 6.54 Å². The first-order chi connectivity index (χ1) is 7.70. The van der Waals surface area contributed by atoms with Crippen LogP contribution < -0.4 is 11.0 Å². The van der Waals surface area contributed by atoms with Crippen LogP contribution in [0, 0.1) is 0 Å². The molecule has 4 heteroatoms. The molecule has 2 aromatic rings. The van der Waals surface area contributed by atoms with Crippen LogP contribution in [-0.4, -0.2) is 16.5 Å². The molecule has 0 radical (unpaired) electrons. The minimum absolute atomic E-state index is 0.168. The van der Waals surface area contributed by atoms with E-state index in [1.807, 2.05) is 24.3 Å². The summed E-state index contributed by atoms with van der Waals surface area (Å²) in [5.41, 5.74) is 2.66. The molecule has 3 N–H and O–H groups in total. The van der Waals surface area contributed by atoms with Crippen molar-refractivity contribution in [3.05, 3.63) is 46.9 Å². The van der Waals surface area contributed by atoms with E-state index >= 15 is 0 Å². The molecule has 84 valence electrons. The number of H-pyrrole nitrogens is 2. The Labute approximate surface area is 93.4 Å². The third kappa shape index (κ3) is 2.06. The van der Waals surface area contributed by atoms with E-state index in [2.05, 4.69) is 28.8 Å². The van der Waals surface area contributed by atoms with E-state index in [4.69, 9.17) is 0 Å². The Morgan fingerprint density at radius 1 is 1.44 bits per heavy atom. The van der Waals surface area contributed by atoms with E-state index in [0.717, 1.165) is 23.1 Å². The Morgan fingerprint density at radius 3 is 2.94 bits per heavy atom. The summed E-state index contributed by atoms with van der Waals surface area (Å²) in [5, 5.41) is 3.30. The Bertz CT molecular complexity index is 553. The van der Waals surface area contributed by atoms with Crippen molar-refractivity contribution in [3.8, 4) is 0 Å². The zero-order valence-electron chi connectivity index (χ0n) is 9.21. The predicted octanol–water partition coefficient (Wildman–Crippen LogP) is 1.69. The van der Waals surface area contributed by atoms with Gasteiger partial charge >= 0.3 is 5.69 Å². The van der Waals surface area contributed by atoms with Crippen LogP contribution in [0.3, 0.4) is 0 Å². The number of rotatable bonds is 4. The van der Waals surface area contributed by atoms with E-state index in [0.29, 0.717) is 0 Å². The van der Waals surface area contributed by atoms with E-state index in [-0.39, 0.29) is 11.7 Å². The average Bonchev–Trinajstić information content (AvgIpc) is 2.64. The second kappa shape index (κ2) is 4.37. The summed E-state index contributed by atoms with van der Waals surface area (Å²) in [5.74, 6) is 0. The number of hydrogen-bond donors (Lipinski definition) is 3. The van der Waals surface area contributed by atoms with Gasteiger partial charge in [-0.3, -0.25) is 0 Å². The SMILES string of the molecule is C=CCNC(C)c1ccc2[nH]c(=O)[nH]c2c1. The monoisotopic (exact) mass is 217 g/mol. The Balaban J connectivity index is 2.30. The van der Waals surface area contributed by atoms with Crippen LogP contribution in [0.2, 0.25) is 0 Å². The molecule has 1 aromatic heterocycles. The van der Waals surface area contributed by atoms with E-state index in [9.17, 15) is 4.79 Å². The highest BCUT2D eigenvalue weighted by atomic mass is 16.1. The second-order valence-corrected chi connectivity index (χ2v) is 3.80. The standard InChI is InChI=1S/C12H15N3O/c1-3-6-13-8(2)9-4-5-10-11(7-9)15-12(16)14-10/h3-5,7-8,13H,1,6H2,2H3,(H2,14,15,16). The normalized spacial score (nSPS) is 12.8. The van der Waals surface area contributed by atoms with Crippen molar-refractivity contribution < 1.29 is 0 Å². The van der Waals surface area contributed by atoms with Crippen molar-refractivity contribution >= 4 is 11.0 Å². The van der Waals surface area contributed by atoms with Gasteiger partial charge in [0.05, 0.1) is 11.0 Å². The summed E-state index contributed by atoms with van der Waals surface area (Å²) in [6, 6.07) is 6.14. The maximum atomic E-state index is 11.1. The maximum Gasteiger partial charge on any atom is 0.323 e. The van der Waals surface area contributed by atoms with Gasteiger partial charge in [-0.25, -0.2) is 4.79 Å². The van der Waals surface area contributed by atoms with E-state index < -0.39 is 0 Å². The second-order valence-electron chi connectivity index (χ2n) is 3.80. The van der Waals surface area contributed by atoms with Crippen LogP contribution in [0.15, 0.2) is 35.6 Å². The Morgan fingerprint density at radius 2 is 2.19 bits per heavy atom. The van der Waals surface area contributed by atoms with Gasteiger partial charge in [-0.05, 0) is 24.6 Å². The van der Waals surface area contributed by atoms with Gasteiger partial charge in [-0.2, -0.15) is 0 Å². The summed E-state index contributed by atoms with van der Waals surface area (Å²) >= 11 is 0. The van der Waals surface area contributed by atoms with Crippen LogP contribution >= 0.6 is 0 Å². The van der Waals surface area contributed by atoms with Crippen LogP contribution in [0.25, 0.3) is 11.0 Å². The molecule has 1 unspecified atom stereocenters. The number of benzene rings is 1. The lowest BCUT2D eigenvalue weighted by Crippen LogP contribution is -2.18. The highest BCUT2D eigenvalue weighted by Crippen LogP contribution is 2.16. The molecule has 0 saturated carbocycles. The van der Waals surface area contributed by atoms with Gasteiger partial charge in [0.15, 0.2) is 0 Å². The first-order valence-electron chi connectivity index (χ1n) is 5.27. The van der Waals surface area contributed by atoms with Gasteiger partial charge in [0.1, 0.15) is 0 Å². The maximum absolute atomic E-state index is 11.1. The van der Waals surface area contributed by atoms with Crippen molar-refractivity contribution in [1.82, 2.24) is 15.3 Å². The van der Waals surface area contributed by atoms with Crippen molar-refractivity contribution in [2.45, 2.75) is 13.0 Å².